The lowest BCUT2D eigenvalue weighted by Crippen LogP contribution is -2.24. The standard InChI is InChI=1S/C16H21N3O2/c1-3-7-15(14-8-5-4-6-9-14)21-13-19-11-10-18(2)16(19)12-17-20/h4-6,8-12,15H,3,7,13H2,1-2H3/b16-12+. The third-order valence-electron chi connectivity index (χ3n) is 3.43. The average molecular weight is 287 g/mol. The van der Waals surface area contributed by atoms with Crippen molar-refractivity contribution in [1.82, 2.24) is 9.80 Å². The number of rotatable bonds is 7. The first-order valence-electron chi connectivity index (χ1n) is 7.13. The van der Waals surface area contributed by atoms with Crippen molar-refractivity contribution in [3.63, 3.8) is 0 Å². The van der Waals surface area contributed by atoms with Crippen LogP contribution in [-0.4, -0.2) is 23.6 Å². The summed E-state index contributed by atoms with van der Waals surface area (Å²) in [5.74, 6) is 0.716. The molecule has 112 valence electrons. The zero-order chi connectivity index (χ0) is 15.1. The maximum atomic E-state index is 10.5. The van der Waals surface area contributed by atoms with Gasteiger partial charge in [0.1, 0.15) is 18.8 Å². The molecule has 0 bridgehead atoms. The third kappa shape index (κ3) is 3.92. The molecule has 1 aromatic carbocycles. The number of nitroso groups, excluding NO2 is 1. The van der Waals surface area contributed by atoms with Crippen molar-refractivity contribution >= 4 is 0 Å². The molecule has 1 unspecified atom stereocenters. The molecule has 1 heterocycles. The van der Waals surface area contributed by atoms with Crippen LogP contribution in [0.2, 0.25) is 0 Å². The summed E-state index contributed by atoms with van der Waals surface area (Å²) >= 11 is 0. The molecule has 21 heavy (non-hydrogen) atoms. The Labute approximate surface area is 125 Å². The quantitative estimate of drug-likeness (QED) is 0.716. The largest absolute Gasteiger partial charge is 0.353 e. The molecular weight excluding hydrogens is 266 g/mol. The number of hydrogen-bond donors (Lipinski definition) is 0. The molecule has 2 rings (SSSR count). The van der Waals surface area contributed by atoms with Crippen LogP contribution in [0.1, 0.15) is 31.4 Å². The highest BCUT2D eigenvalue weighted by Crippen LogP contribution is 2.25. The molecule has 0 aromatic heterocycles. The van der Waals surface area contributed by atoms with Crippen molar-refractivity contribution in [3.8, 4) is 0 Å². The second-order valence-electron chi connectivity index (χ2n) is 4.96. The highest BCUT2D eigenvalue weighted by molar-refractivity contribution is 5.18. The van der Waals surface area contributed by atoms with Crippen molar-refractivity contribution in [2.24, 2.45) is 5.18 Å². The molecule has 0 radical (unpaired) electrons. The highest BCUT2D eigenvalue weighted by atomic mass is 16.5. The van der Waals surface area contributed by atoms with Crippen LogP contribution in [0.3, 0.4) is 0 Å². The van der Waals surface area contributed by atoms with Gasteiger partial charge >= 0.3 is 0 Å². The van der Waals surface area contributed by atoms with E-state index in [-0.39, 0.29) is 6.10 Å². The van der Waals surface area contributed by atoms with Crippen LogP contribution >= 0.6 is 0 Å². The van der Waals surface area contributed by atoms with Crippen LogP contribution in [0.4, 0.5) is 0 Å². The number of hydrogen-bond acceptors (Lipinski definition) is 5. The Kier molecular flexibility index (Phi) is 5.51. The minimum absolute atomic E-state index is 0.0564. The molecule has 1 aliphatic rings. The van der Waals surface area contributed by atoms with Gasteiger partial charge in [-0.15, -0.1) is 4.91 Å². The second-order valence-corrected chi connectivity index (χ2v) is 4.96. The molecule has 0 saturated carbocycles. The van der Waals surface area contributed by atoms with Crippen LogP contribution in [-0.2, 0) is 4.74 Å². The van der Waals surface area contributed by atoms with Gasteiger partial charge in [-0.25, -0.2) is 0 Å². The summed E-state index contributed by atoms with van der Waals surface area (Å²) in [6.45, 7) is 2.53. The van der Waals surface area contributed by atoms with Gasteiger partial charge < -0.3 is 14.5 Å². The zero-order valence-electron chi connectivity index (χ0n) is 12.5. The Morgan fingerprint density at radius 2 is 2.05 bits per heavy atom. The van der Waals surface area contributed by atoms with Gasteiger partial charge in [0.05, 0.1) is 6.10 Å². The first-order chi connectivity index (χ1) is 10.3. The molecule has 1 aromatic rings. The summed E-state index contributed by atoms with van der Waals surface area (Å²) < 4.78 is 6.04. The third-order valence-corrected chi connectivity index (χ3v) is 3.43. The normalized spacial score (nSPS) is 17.5. The summed E-state index contributed by atoms with van der Waals surface area (Å²) in [4.78, 5) is 14.2. The summed E-state index contributed by atoms with van der Waals surface area (Å²) in [7, 11) is 1.87. The summed E-state index contributed by atoms with van der Waals surface area (Å²) in [6.07, 6.45) is 7.11. The van der Waals surface area contributed by atoms with Crippen molar-refractivity contribution in [2.45, 2.75) is 25.9 Å². The van der Waals surface area contributed by atoms with Gasteiger partial charge in [0.25, 0.3) is 0 Å². The van der Waals surface area contributed by atoms with Crippen LogP contribution in [0.25, 0.3) is 0 Å². The van der Waals surface area contributed by atoms with Crippen LogP contribution in [0.5, 0.6) is 0 Å². The first-order valence-corrected chi connectivity index (χ1v) is 7.13. The van der Waals surface area contributed by atoms with Gasteiger partial charge in [-0.1, -0.05) is 43.7 Å². The summed E-state index contributed by atoms with van der Waals surface area (Å²) in [6, 6.07) is 10.2. The van der Waals surface area contributed by atoms with Crippen LogP contribution in [0, 0.1) is 4.91 Å². The van der Waals surface area contributed by atoms with E-state index in [2.05, 4.69) is 24.2 Å². The number of nitrogens with zero attached hydrogens (tertiary/aromatic N) is 3. The Morgan fingerprint density at radius 3 is 2.71 bits per heavy atom. The van der Waals surface area contributed by atoms with Crippen molar-refractivity contribution < 1.29 is 4.74 Å². The smallest absolute Gasteiger partial charge is 0.136 e. The molecule has 0 spiro atoms. The fraction of sp³-hybridized carbons (Fsp3) is 0.375. The van der Waals surface area contributed by atoms with E-state index in [0.717, 1.165) is 12.8 Å². The average Bonchev–Trinajstić information content (AvgIpc) is 2.86. The maximum Gasteiger partial charge on any atom is 0.136 e. The van der Waals surface area contributed by atoms with Gasteiger partial charge in [0.2, 0.25) is 0 Å². The van der Waals surface area contributed by atoms with E-state index < -0.39 is 0 Å². The molecule has 0 fully saturated rings. The Hall–Kier alpha value is -2.14. The molecule has 5 nitrogen and oxygen atoms in total. The van der Waals surface area contributed by atoms with Crippen molar-refractivity contribution in [3.05, 3.63) is 65.2 Å². The lowest BCUT2D eigenvalue weighted by molar-refractivity contribution is -0.00246. The van der Waals surface area contributed by atoms with Crippen molar-refractivity contribution in [2.75, 3.05) is 13.8 Å². The lowest BCUT2D eigenvalue weighted by atomic mass is 10.1. The Bertz CT molecular complexity index is 514. The van der Waals surface area contributed by atoms with Gasteiger partial charge in [-0.05, 0) is 17.2 Å². The Balaban J connectivity index is 2.01. The fourth-order valence-electron chi connectivity index (χ4n) is 2.30. The van der Waals surface area contributed by atoms with E-state index in [4.69, 9.17) is 4.74 Å². The topological polar surface area (TPSA) is 45.1 Å². The molecule has 5 heteroatoms. The van der Waals surface area contributed by atoms with Crippen LogP contribution < -0.4 is 0 Å². The number of benzene rings is 1. The van der Waals surface area contributed by atoms with Gasteiger partial charge in [-0.3, -0.25) is 0 Å². The summed E-state index contributed by atoms with van der Waals surface area (Å²) in [5.41, 5.74) is 1.18. The van der Waals surface area contributed by atoms with Gasteiger partial charge in [0, 0.05) is 19.4 Å². The fourth-order valence-corrected chi connectivity index (χ4v) is 2.30. The lowest BCUT2D eigenvalue weighted by Gasteiger charge is -2.24. The van der Waals surface area contributed by atoms with E-state index >= 15 is 0 Å². The Morgan fingerprint density at radius 1 is 1.29 bits per heavy atom. The molecular formula is C16H21N3O2. The second kappa shape index (κ2) is 7.59. The van der Waals surface area contributed by atoms with E-state index in [1.54, 1.807) is 0 Å². The first kappa shape index (κ1) is 15.3. The molecule has 0 aliphatic carbocycles. The highest BCUT2D eigenvalue weighted by Gasteiger charge is 2.19. The van der Waals surface area contributed by atoms with E-state index in [0.29, 0.717) is 12.6 Å². The minimum Gasteiger partial charge on any atom is -0.353 e. The van der Waals surface area contributed by atoms with Gasteiger partial charge in [0.15, 0.2) is 0 Å². The number of ether oxygens (including phenoxy) is 1. The van der Waals surface area contributed by atoms with Crippen LogP contribution in [0.15, 0.2) is 59.9 Å². The maximum absolute atomic E-state index is 10.5. The van der Waals surface area contributed by atoms with E-state index in [1.165, 1.54) is 11.8 Å². The zero-order valence-corrected chi connectivity index (χ0v) is 12.5. The van der Waals surface area contributed by atoms with E-state index in [9.17, 15) is 4.91 Å². The summed E-state index contributed by atoms with van der Waals surface area (Å²) in [5, 5.41) is 2.85. The van der Waals surface area contributed by atoms with Crippen molar-refractivity contribution in [1.29, 1.82) is 0 Å². The molecule has 0 N–H and O–H groups in total. The molecule has 1 atom stereocenters. The predicted octanol–water partition coefficient (Wildman–Crippen LogP) is 3.79. The van der Waals surface area contributed by atoms with Gasteiger partial charge in [-0.2, -0.15) is 0 Å². The monoisotopic (exact) mass is 287 g/mol. The minimum atomic E-state index is 0.0564. The molecule has 0 amide bonds. The predicted molar refractivity (Wildman–Crippen MR) is 82.7 cm³/mol. The molecule has 0 saturated heterocycles. The van der Waals surface area contributed by atoms with E-state index in [1.807, 2.05) is 47.4 Å². The SMILES string of the molecule is CCCC(OCN1C=CN(C)/C1=C\N=O)c1ccccc1. The molecule has 1 aliphatic heterocycles.